The average Bonchev–Trinajstić information content (AvgIpc) is 2.66. The third-order valence-corrected chi connectivity index (χ3v) is 3.92. The second kappa shape index (κ2) is 7.82. The van der Waals surface area contributed by atoms with Crippen LogP contribution in [0.5, 0.6) is 5.75 Å². The number of ether oxygens (including phenoxy) is 1. The molecular formula is C20H21N3O3. The lowest BCUT2D eigenvalue weighted by Gasteiger charge is -2.11. The summed E-state index contributed by atoms with van der Waals surface area (Å²) in [4.78, 5) is 32.3. The number of rotatable bonds is 6. The Kier molecular flexibility index (Phi) is 5.31. The Hall–Kier alpha value is -3.15. The van der Waals surface area contributed by atoms with Crippen LogP contribution < -0.4 is 15.6 Å². The molecule has 134 valence electrons. The standard InChI is InChI=1S/C20H21N3O3/c1-3-12-26-16-11-6-5-8-13(16)18-22-17-14(19(24)21-4-2)9-7-10-15(17)20(25)23-18/h5-11H,3-4,12H2,1-2H3,(H,21,24)(H,22,23,25). The van der Waals surface area contributed by atoms with E-state index in [0.717, 1.165) is 6.42 Å². The van der Waals surface area contributed by atoms with Crippen LogP contribution in [0.4, 0.5) is 0 Å². The summed E-state index contributed by atoms with van der Waals surface area (Å²) in [5.41, 5.74) is 1.15. The molecule has 6 heteroatoms. The van der Waals surface area contributed by atoms with E-state index >= 15 is 0 Å². The molecular weight excluding hydrogens is 330 g/mol. The Morgan fingerprint density at radius 2 is 1.96 bits per heavy atom. The molecule has 3 aromatic rings. The number of amides is 1. The number of aromatic nitrogens is 2. The fraction of sp³-hybridized carbons (Fsp3) is 0.250. The molecule has 1 amide bonds. The molecule has 2 N–H and O–H groups in total. The maximum atomic E-state index is 12.6. The van der Waals surface area contributed by atoms with Crippen LogP contribution in [0.15, 0.2) is 47.3 Å². The third-order valence-electron chi connectivity index (χ3n) is 3.92. The summed E-state index contributed by atoms with van der Waals surface area (Å²) in [6.07, 6.45) is 0.872. The van der Waals surface area contributed by atoms with Crippen molar-refractivity contribution in [3.8, 4) is 17.1 Å². The molecule has 6 nitrogen and oxygen atoms in total. The van der Waals surface area contributed by atoms with Gasteiger partial charge in [-0.05, 0) is 37.6 Å². The molecule has 0 fully saturated rings. The van der Waals surface area contributed by atoms with Crippen LogP contribution in [-0.4, -0.2) is 29.0 Å². The first-order chi connectivity index (χ1) is 12.7. The van der Waals surface area contributed by atoms with Gasteiger partial charge in [0.1, 0.15) is 11.6 Å². The van der Waals surface area contributed by atoms with Gasteiger partial charge < -0.3 is 15.0 Å². The summed E-state index contributed by atoms with van der Waals surface area (Å²) in [6, 6.07) is 12.4. The van der Waals surface area contributed by atoms with Crippen molar-refractivity contribution in [2.45, 2.75) is 20.3 Å². The zero-order valence-corrected chi connectivity index (χ0v) is 14.8. The van der Waals surface area contributed by atoms with Crippen LogP contribution >= 0.6 is 0 Å². The Balaban J connectivity index is 2.19. The predicted octanol–water partition coefficient (Wildman–Crippen LogP) is 3.13. The molecule has 2 aromatic carbocycles. The van der Waals surface area contributed by atoms with Crippen molar-refractivity contribution in [1.29, 1.82) is 0 Å². The Bertz CT molecular complexity index is 995. The van der Waals surface area contributed by atoms with E-state index in [9.17, 15) is 9.59 Å². The van der Waals surface area contributed by atoms with Crippen molar-refractivity contribution in [2.24, 2.45) is 0 Å². The minimum Gasteiger partial charge on any atom is -0.493 e. The van der Waals surface area contributed by atoms with Crippen LogP contribution in [0.2, 0.25) is 0 Å². The van der Waals surface area contributed by atoms with Crippen molar-refractivity contribution >= 4 is 16.8 Å². The van der Waals surface area contributed by atoms with Gasteiger partial charge in [-0.15, -0.1) is 0 Å². The van der Waals surface area contributed by atoms with Gasteiger partial charge in [0.25, 0.3) is 11.5 Å². The van der Waals surface area contributed by atoms with E-state index in [-0.39, 0.29) is 11.5 Å². The molecule has 0 aliphatic carbocycles. The molecule has 0 unspecified atom stereocenters. The summed E-state index contributed by atoms with van der Waals surface area (Å²) >= 11 is 0. The van der Waals surface area contributed by atoms with Crippen molar-refractivity contribution in [3.05, 3.63) is 58.4 Å². The van der Waals surface area contributed by atoms with Gasteiger partial charge >= 0.3 is 0 Å². The lowest BCUT2D eigenvalue weighted by Crippen LogP contribution is -2.24. The van der Waals surface area contributed by atoms with Crippen LogP contribution in [0.1, 0.15) is 30.6 Å². The highest BCUT2D eigenvalue weighted by molar-refractivity contribution is 6.05. The number of H-pyrrole nitrogens is 1. The number of fused-ring (bicyclic) bond motifs is 1. The van der Waals surface area contributed by atoms with Crippen molar-refractivity contribution in [1.82, 2.24) is 15.3 Å². The fourth-order valence-corrected chi connectivity index (χ4v) is 2.73. The number of aromatic amines is 1. The van der Waals surface area contributed by atoms with Gasteiger partial charge in [0.2, 0.25) is 0 Å². The summed E-state index contributed by atoms with van der Waals surface area (Å²) in [7, 11) is 0. The number of para-hydroxylation sites is 2. The second-order valence-electron chi connectivity index (χ2n) is 5.82. The number of benzene rings is 2. The number of nitrogens with one attached hydrogen (secondary N) is 2. The van der Waals surface area contributed by atoms with Crippen LogP contribution in [-0.2, 0) is 0 Å². The van der Waals surface area contributed by atoms with Gasteiger partial charge in [0.05, 0.1) is 28.6 Å². The van der Waals surface area contributed by atoms with E-state index in [1.165, 1.54) is 0 Å². The molecule has 0 aliphatic heterocycles. The van der Waals surface area contributed by atoms with E-state index < -0.39 is 0 Å². The Morgan fingerprint density at radius 3 is 2.73 bits per heavy atom. The van der Waals surface area contributed by atoms with Crippen molar-refractivity contribution < 1.29 is 9.53 Å². The lowest BCUT2D eigenvalue weighted by molar-refractivity contribution is 0.0957. The molecule has 0 saturated heterocycles. The van der Waals surface area contributed by atoms with Gasteiger partial charge in [-0.25, -0.2) is 4.98 Å². The first-order valence-electron chi connectivity index (χ1n) is 8.69. The molecule has 0 aliphatic rings. The van der Waals surface area contributed by atoms with Crippen LogP contribution in [0, 0.1) is 0 Å². The fourth-order valence-electron chi connectivity index (χ4n) is 2.73. The highest BCUT2D eigenvalue weighted by Gasteiger charge is 2.15. The molecule has 1 heterocycles. The molecule has 0 atom stereocenters. The van der Waals surface area contributed by atoms with Crippen LogP contribution in [0.25, 0.3) is 22.3 Å². The van der Waals surface area contributed by atoms with E-state index in [0.29, 0.717) is 46.8 Å². The van der Waals surface area contributed by atoms with Gasteiger partial charge in [-0.1, -0.05) is 25.1 Å². The predicted molar refractivity (Wildman–Crippen MR) is 102 cm³/mol. The van der Waals surface area contributed by atoms with Crippen molar-refractivity contribution in [2.75, 3.05) is 13.2 Å². The summed E-state index contributed by atoms with van der Waals surface area (Å²) in [5, 5.41) is 3.14. The smallest absolute Gasteiger partial charge is 0.259 e. The summed E-state index contributed by atoms with van der Waals surface area (Å²) in [6.45, 7) is 4.94. The minimum atomic E-state index is -0.290. The number of hydrogen-bond acceptors (Lipinski definition) is 4. The summed E-state index contributed by atoms with van der Waals surface area (Å²) in [5.74, 6) is 0.774. The molecule has 1 aromatic heterocycles. The minimum absolute atomic E-state index is 0.252. The maximum absolute atomic E-state index is 12.6. The molecule has 0 bridgehead atoms. The highest BCUT2D eigenvalue weighted by Crippen LogP contribution is 2.28. The van der Waals surface area contributed by atoms with Crippen molar-refractivity contribution in [3.63, 3.8) is 0 Å². The molecule has 0 radical (unpaired) electrons. The number of carbonyl (C=O) groups excluding carboxylic acids is 1. The number of nitrogens with zero attached hydrogens (tertiary/aromatic N) is 1. The molecule has 0 spiro atoms. The largest absolute Gasteiger partial charge is 0.493 e. The third kappa shape index (κ3) is 3.44. The Morgan fingerprint density at radius 1 is 1.15 bits per heavy atom. The van der Waals surface area contributed by atoms with E-state index in [1.807, 2.05) is 38.1 Å². The molecule has 0 saturated carbocycles. The normalized spacial score (nSPS) is 10.7. The summed E-state index contributed by atoms with van der Waals surface area (Å²) < 4.78 is 5.77. The quantitative estimate of drug-likeness (QED) is 0.715. The van der Waals surface area contributed by atoms with Gasteiger partial charge in [-0.2, -0.15) is 0 Å². The SMILES string of the molecule is CCCOc1ccccc1-c1nc2c(C(=O)NCC)cccc2c(=O)[nH]1. The topological polar surface area (TPSA) is 84.1 Å². The molecule has 3 rings (SSSR count). The Labute approximate surface area is 151 Å². The first-order valence-corrected chi connectivity index (χ1v) is 8.69. The lowest BCUT2D eigenvalue weighted by atomic mass is 10.1. The van der Waals surface area contributed by atoms with Gasteiger partial charge in [0.15, 0.2) is 0 Å². The zero-order chi connectivity index (χ0) is 18.5. The van der Waals surface area contributed by atoms with E-state index in [4.69, 9.17) is 4.74 Å². The number of carbonyl (C=O) groups is 1. The van der Waals surface area contributed by atoms with Crippen LogP contribution in [0.3, 0.4) is 0 Å². The second-order valence-corrected chi connectivity index (χ2v) is 5.82. The first kappa shape index (κ1) is 17.7. The van der Waals surface area contributed by atoms with Gasteiger partial charge in [-0.3, -0.25) is 9.59 Å². The van der Waals surface area contributed by atoms with E-state index in [1.54, 1.807) is 18.2 Å². The van der Waals surface area contributed by atoms with Gasteiger partial charge in [0, 0.05) is 6.54 Å². The highest BCUT2D eigenvalue weighted by atomic mass is 16.5. The monoisotopic (exact) mass is 351 g/mol. The number of hydrogen-bond donors (Lipinski definition) is 2. The zero-order valence-electron chi connectivity index (χ0n) is 14.8. The van der Waals surface area contributed by atoms with E-state index in [2.05, 4.69) is 15.3 Å². The maximum Gasteiger partial charge on any atom is 0.259 e. The molecule has 26 heavy (non-hydrogen) atoms. The average molecular weight is 351 g/mol.